The fourth-order valence-corrected chi connectivity index (χ4v) is 4.25. The number of benzene rings is 1. The van der Waals surface area contributed by atoms with Crippen LogP contribution in [0, 0.1) is 0 Å². The number of unbranched alkanes of at least 4 members (excludes halogenated alkanes) is 5. The molecule has 0 bridgehead atoms. The van der Waals surface area contributed by atoms with Crippen molar-refractivity contribution >= 4 is 11.8 Å². The van der Waals surface area contributed by atoms with Crippen molar-refractivity contribution in [2.45, 2.75) is 83.4 Å². The predicted molar refractivity (Wildman–Crippen MR) is 114 cm³/mol. The third-order valence-corrected chi connectivity index (χ3v) is 5.97. The molecule has 1 aliphatic heterocycles. The minimum atomic E-state index is 0.351. The highest BCUT2D eigenvalue weighted by Gasteiger charge is 2.18. The van der Waals surface area contributed by atoms with Gasteiger partial charge in [-0.15, -0.1) is 11.8 Å². The van der Waals surface area contributed by atoms with Crippen LogP contribution in [-0.4, -0.2) is 5.37 Å². The van der Waals surface area contributed by atoms with E-state index in [4.69, 9.17) is 0 Å². The standard InChI is InChI=1S/C23H35NS/c1-4-6-7-8-9-10-12-20-13-15-21(16-14-20)17-19(3)23-24-22(11-5-2)18-25-23/h13-16,18,23-24H,3-12,17H2,1-2H3. The maximum Gasteiger partial charge on any atom is 0.0978 e. The zero-order valence-electron chi connectivity index (χ0n) is 16.2. The van der Waals surface area contributed by atoms with Gasteiger partial charge in [0.2, 0.25) is 0 Å². The van der Waals surface area contributed by atoms with Crippen LogP contribution in [0.25, 0.3) is 0 Å². The van der Waals surface area contributed by atoms with Crippen LogP contribution >= 0.6 is 11.8 Å². The summed E-state index contributed by atoms with van der Waals surface area (Å²) in [4.78, 5) is 0. The van der Waals surface area contributed by atoms with Crippen LogP contribution in [-0.2, 0) is 12.8 Å². The van der Waals surface area contributed by atoms with Gasteiger partial charge in [0, 0.05) is 5.70 Å². The molecule has 0 saturated carbocycles. The Morgan fingerprint density at radius 2 is 1.60 bits per heavy atom. The molecule has 0 saturated heterocycles. The molecule has 1 atom stereocenters. The van der Waals surface area contributed by atoms with Gasteiger partial charge in [0.15, 0.2) is 0 Å². The van der Waals surface area contributed by atoms with Gasteiger partial charge in [-0.25, -0.2) is 0 Å². The number of nitrogens with one attached hydrogen (secondary N) is 1. The molecule has 138 valence electrons. The Labute approximate surface area is 159 Å². The van der Waals surface area contributed by atoms with E-state index < -0.39 is 0 Å². The Morgan fingerprint density at radius 3 is 2.32 bits per heavy atom. The number of aryl methyl sites for hydroxylation is 1. The van der Waals surface area contributed by atoms with Gasteiger partial charge in [-0.2, -0.15) is 0 Å². The average molecular weight is 358 g/mol. The van der Waals surface area contributed by atoms with E-state index in [0.717, 1.165) is 12.8 Å². The van der Waals surface area contributed by atoms with Crippen molar-refractivity contribution < 1.29 is 0 Å². The maximum absolute atomic E-state index is 4.32. The first kappa shape index (κ1) is 20.2. The van der Waals surface area contributed by atoms with Crippen LogP contribution in [0.4, 0.5) is 0 Å². The number of allylic oxidation sites excluding steroid dienone is 1. The summed E-state index contributed by atoms with van der Waals surface area (Å²) in [5.74, 6) is 0. The lowest BCUT2D eigenvalue weighted by atomic mass is 10.0. The third-order valence-electron chi connectivity index (χ3n) is 4.83. The van der Waals surface area contributed by atoms with Gasteiger partial charge in [-0.1, -0.05) is 83.2 Å². The highest BCUT2D eigenvalue weighted by Crippen LogP contribution is 2.29. The molecule has 0 aromatic heterocycles. The highest BCUT2D eigenvalue weighted by molar-refractivity contribution is 8.03. The molecule has 25 heavy (non-hydrogen) atoms. The van der Waals surface area contributed by atoms with Gasteiger partial charge >= 0.3 is 0 Å². The van der Waals surface area contributed by atoms with E-state index in [-0.39, 0.29) is 0 Å². The summed E-state index contributed by atoms with van der Waals surface area (Å²) in [7, 11) is 0. The van der Waals surface area contributed by atoms with Crippen LogP contribution in [0.15, 0.2) is 47.5 Å². The molecular weight excluding hydrogens is 322 g/mol. The molecule has 0 aliphatic carbocycles. The Bertz CT molecular complexity index is 544. The minimum Gasteiger partial charge on any atom is -0.372 e. The Balaban J connectivity index is 1.69. The highest BCUT2D eigenvalue weighted by atomic mass is 32.2. The fraction of sp³-hybridized carbons (Fsp3) is 0.565. The Kier molecular flexibility index (Phi) is 9.25. The summed E-state index contributed by atoms with van der Waals surface area (Å²) in [5, 5.41) is 6.21. The van der Waals surface area contributed by atoms with Crippen molar-refractivity contribution in [1.82, 2.24) is 5.32 Å². The molecule has 1 unspecified atom stereocenters. The molecule has 0 radical (unpaired) electrons. The lowest BCUT2D eigenvalue weighted by Gasteiger charge is -2.16. The smallest absolute Gasteiger partial charge is 0.0978 e. The zero-order valence-corrected chi connectivity index (χ0v) is 17.0. The first-order valence-electron chi connectivity index (χ1n) is 10.1. The summed E-state index contributed by atoms with van der Waals surface area (Å²) in [6.45, 7) is 8.82. The Hall–Kier alpha value is -1.15. The second-order valence-electron chi connectivity index (χ2n) is 7.22. The number of hydrogen-bond donors (Lipinski definition) is 1. The van der Waals surface area contributed by atoms with Gasteiger partial charge in [-0.05, 0) is 47.8 Å². The second kappa shape index (κ2) is 11.5. The van der Waals surface area contributed by atoms with Crippen molar-refractivity contribution in [2.24, 2.45) is 0 Å². The van der Waals surface area contributed by atoms with Crippen LogP contribution in [0.2, 0.25) is 0 Å². The first-order chi connectivity index (χ1) is 12.2. The minimum absolute atomic E-state index is 0.351. The largest absolute Gasteiger partial charge is 0.372 e. The van der Waals surface area contributed by atoms with Crippen molar-refractivity contribution in [3.05, 3.63) is 58.6 Å². The molecule has 1 heterocycles. The van der Waals surface area contributed by atoms with Gasteiger partial charge in [0.25, 0.3) is 0 Å². The molecule has 1 aliphatic rings. The first-order valence-corrected chi connectivity index (χ1v) is 11.0. The van der Waals surface area contributed by atoms with E-state index in [1.807, 2.05) is 11.8 Å². The Morgan fingerprint density at radius 1 is 0.920 bits per heavy atom. The molecule has 2 heteroatoms. The molecule has 0 fully saturated rings. The quantitative estimate of drug-likeness (QED) is 0.319. The fourth-order valence-electron chi connectivity index (χ4n) is 3.27. The molecule has 0 spiro atoms. The number of hydrogen-bond acceptors (Lipinski definition) is 2. The van der Waals surface area contributed by atoms with E-state index in [1.54, 1.807) is 0 Å². The number of rotatable bonds is 12. The van der Waals surface area contributed by atoms with Gasteiger partial charge in [-0.3, -0.25) is 0 Å². The van der Waals surface area contributed by atoms with E-state index in [2.05, 4.69) is 55.4 Å². The van der Waals surface area contributed by atoms with Crippen molar-refractivity contribution in [3.63, 3.8) is 0 Å². The van der Waals surface area contributed by atoms with Crippen LogP contribution < -0.4 is 5.32 Å². The summed E-state index contributed by atoms with van der Waals surface area (Å²) >= 11 is 1.87. The van der Waals surface area contributed by atoms with E-state index in [0.29, 0.717) is 5.37 Å². The van der Waals surface area contributed by atoms with Crippen LogP contribution in [0.3, 0.4) is 0 Å². The SMILES string of the molecule is C=C(Cc1ccc(CCCCCCCC)cc1)C1NC(CCC)=CS1. The van der Waals surface area contributed by atoms with E-state index in [9.17, 15) is 0 Å². The molecule has 2 rings (SSSR count). The number of thioether (sulfide) groups is 1. The molecule has 1 aromatic rings. The summed E-state index contributed by atoms with van der Waals surface area (Å²) in [5.41, 5.74) is 5.50. The lowest BCUT2D eigenvalue weighted by Crippen LogP contribution is -2.23. The second-order valence-corrected chi connectivity index (χ2v) is 8.20. The molecular formula is C23H35NS. The predicted octanol–water partition coefficient (Wildman–Crippen LogP) is 6.99. The maximum atomic E-state index is 4.32. The summed E-state index contributed by atoms with van der Waals surface area (Å²) in [6.07, 6.45) is 12.7. The lowest BCUT2D eigenvalue weighted by molar-refractivity contribution is 0.607. The molecule has 1 N–H and O–H groups in total. The summed E-state index contributed by atoms with van der Waals surface area (Å²) < 4.78 is 0. The topological polar surface area (TPSA) is 12.0 Å². The monoisotopic (exact) mass is 357 g/mol. The van der Waals surface area contributed by atoms with Crippen molar-refractivity contribution in [3.8, 4) is 0 Å². The van der Waals surface area contributed by atoms with Gasteiger partial charge in [0.05, 0.1) is 5.37 Å². The molecule has 0 amide bonds. The molecule has 1 aromatic carbocycles. The van der Waals surface area contributed by atoms with Crippen molar-refractivity contribution in [2.75, 3.05) is 0 Å². The van der Waals surface area contributed by atoms with E-state index >= 15 is 0 Å². The third kappa shape index (κ3) is 7.32. The van der Waals surface area contributed by atoms with Crippen LogP contribution in [0.5, 0.6) is 0 Å². The van der Waals surface area contributed by atoms with E-state index in [1.165, 1.54) is 73.8 Å². The van der Waals surface area contributed by atoms with Crippen molar-refractivity contribution in [1.29, 1.82) is 0 Å². The summed E-state index contributed by atoms with van der Waals surface area (Å²) in [6, 6.07) is 9.20. The van der Waals surface area contributed by atoms with Gasteiger partial charge < -0.3 is 5.32 Å². The average Bonchev–Trinajstić information content (AvgIpc) is 3.08. The zero-order chi connectivity index (χ0) is 17.9. The van der Waals surface area contributed by atoms with Crippen LogP contribution in [0.1, 0.15) is 76.3 Å². The van der Waals surface area contributed by atoms with Gasteiger partial charge in [0.1, 0.15) is 0 Å². The normalized spacial score (nSPS) is 16.6. The molecule has 1 nitrogen and oxygen atoms in total.